The molecule has 8 nitrogen and oxygen atoms in total. The highest BCUT2D eigenvalue weighted by Crippen LogP contribution is 2.23. The second-order valence-corrected chi connectivity index (χ2v) is 7.66. The third-order valence-corrected chi connectivity index (χ3v) is 5.38. The number of sulfone groups is 1. The minimum Gasteiger partial charge on any atom is -0.507 e. The minimum atomic E-state index is -3.50. The molecule has 9 heteroatoms. The van der Waals surface area contributed by atoms with Crippen molar-refractivity contribution in [2.24, 2.45) is 0 Å². The van der Waals surface area contributed by atoms with Crippen LogP contribution in [0.5, 0.6) is 17.2 Å². The SMILES string of the molecule is O=C(O)c1cc(OCCCS(=O)(=O)c2ccc(OCCO)cc2)ccc1O. The Morgan fingerprint density at radius 1 is 0.963 bits per heavy atom. The first-order valence-electron chi connectivity index (χ1n) is 8.09. The van der Waals surface area contributed by atoms with E-state index in [0.717, 1.165) is 0 Å². The van der Waals surface area contributed by atoms with E-state index in [1.165, 1.54) is 42.5 Å². The number of ether oxygens (including phenoxy) is 2. The van der Waals surface area contributed by atoms with Crippen molar-refractivity contribution in [1.29, 1.82) is 0 Å². The van der Waals surface area contributed by atoms with Gasteiger partial charge in [-0.1, -0.05) is 0 Å². The van der Waals surface area contributed by atoms with Gasteiger partial charge in [0.2, 0.25) is 0 Å². The zero-order chi connectivity index (χ0) is 19.9. The molecular weight excluding hydrogens is 376 g/mol. The maximum absolute atomic E-state index is 12.3. The molecule has 0 heterocycles. The summed E-state index contributed by atoms with van der Waals surface area (Å²) in [7, 11) is -3.50. The van der Waals surface area contributed by atoms with Gasteiger partial charge in [0, 0.05) is 0 Å². The van der Waals surface area contributed by atoms with E-state index in [-0.39, 0.29) is 54.0 Å². The van der Waals surface area contributed by atoms with Crippen molar-refractivity contribution in [1.82, 2.24) is 0 Å². The molecule has 0 aliphatic carbocycles. The van der Waals surface area contributed by atoms with Gasteiger partial charge in [0.25, 0.3) is 0 Å². The Morgan fingerprint density at radius 3 is 2.22 bits per heavy atom. The molecule has 27 heavy (non-hydrogen) atoms. The van der Waals surface area contributed by atoms with Gasteiger partial charge in [-0.05, 0) is 48.9 Å². The number of hydrogen-bond donors (Lipinski definition) is 3. The van der Waals surface area contributed by atoms with E-state index in [1.807, 2.05) is 0 Å². The van der Waals surface area contributed by atoms with E-state index in [9.17, 15) is 18.3 Å². The van der Waals surface area contributed by atoms with E-state index in [4.69, 9.17) is 19.7 Å². The molecule has 0 aromatic heterocycles. The van der Waals surface area contributed by atoms with Gasteiger partial charge in [0.15, 0.2) is 9.84 Å². The summed E-state index contributed by atoms with van der Waals surface area (Å²) in [6, 6.07) is 9.68. The van der Waals surface area contributed by atoms with E-state index in [1.54, 1.807) is 0 Å². The van der Waals surface area contributed by atoms with Gasteiger partial charge in [0.1, 0.15) is 29.4 Å². The van der Waals surface area contributed by atoms with E-state index in [0.29, 0.717) is 5.75 Å². The predicted molar refractivity (Wildman–Crippen MR) is 96.3 cm³/mol. The largest absolute Gasteiger partial charge is 0.507 e. The lowest BCUT2D eigenvalue weighted by molar-refractivity contribution is 0.0693. The fourth-order valence-electron chi connectivity index (χ4n) is 2.24. The summed E-state index contributed by atoms with van der Waals surface area (Å²) in [6.07, 6.45) is 0.203. The number of carbonyl (C=O) groups is 1. The van der Waals surface area contributed by atoms with Gasteiger partial charge < -0.3 is 24.8 Å². The van der Waals surface area contributed by atoms with Crippen LogP contribution in [0.3, 0.4) is 0 Å². The summed E-state index contributed by atoms with van der Waals surface area (Å²) >= 11 is 0. The Bertz CT molecular complexity index is 875. The van der Waals surface area contributed by atoms with Crippen molar-refractivity contribution in [3.63, 3.8) is 0 Å². The number of rotatable bonds is 10. The molecule has 0 aliphatic heterocycles. The van der Waals surface area contributed by atoms with Crippen LogP contribution in [0.2, 0.25) is 0 Å². The fourth-order valence-corrected chi connectivity index (χ4v) is 3.52. The fraction of sp³-hybridized carbons (Fsp3) is 0.278. The third kappa shape index (κ3) is 5.87. The molecule has 0 saturated heterocycles. The van der Waals surface area contributed by atoms with Gasteiger partial charge in [-0.15, -0.1) is 0 Å². The third-order valence-electron chi connectivity index (χ3n) is 3.57. The number of hydrogen-bond acceptors (Lipinski definition) is 7. The molecule has 0 bridgehead atoms. The molecule has 0 aliphatic rings. The van der Waals surface area contributed by atoms with Crippen molar-refractivity contribution in [3.8, 4) is 17.2 Å². The second-order valence-electron chi connectivity index (χ2n) is 5.55. The molecule has 0 saturated carbocycles. The first-order valence-corrected chi connectivity index (χ1v) is 9.74. The van der Waals surface area contributed by atoms with E-state index >= 15 is 0 Å². The van der Waals surface area contributed by atoms with Crippen LogP contribution in [0.1, 0.15) is 16.8 Å². The van der Waals surface area contributed by atoms with Gasteiger partial charge in [-0.3, -0.25) is 0 Å². The standard InChI is InChI=1S/C18H20O8S/c19-8-10-26-13-2-5-15(6-3-13)27(23,24)11-1-9-25-14-4-7-17(20)16(12-14)18(21)22/h2-7,12,19-20H,1,8-11H2,(H,21,22). The first-order chi connectivity index (χ1) is 12.8. The van der Waals surface area contributed by atoms with Crippen LogP contribution >= 0.6 is 0 Å². The molecule has 0 radical (unpaired) electrons. The second kappa shape index (κ2) is 9.24. The van der Waals surface area contributed by atoms with Crippen LogP contribution in [0, 0.1) is 0 Å². The van der Waals surface area contributed by atoms with Crippen molar-refractivity contribution in [2.75, 3.05) is 25.6 Å². The van der Waals surface area contributed by atoms with Gasteiger partial charge >= 0.3 is 5.97 Å². The normalized spacial score (nSPS) is 11.1. The minimum absolute atomic E-state index is 0.0702. The van der Waals surface area contributed by atoms with Crippen molar-refractivity contribution in [2.45, 2.75) is 11.3 Å². The average Bonchev–Trinajstić information content (AvgIpc) is 2.65. The van der Waals surface area contributed by atoms with E-state index < -0.39 is 15.8 Å². The quantitative estimate of drug-likeness (QED) is 0.517. The summed E-state index contributed by atoms with van der Waals surface area (Å²) in [4.78, 5) is 11.1. The molecule has 0 atom stereocenters. The van der Waals surface area contributed by atoms with Crippen LogP contribution in [-0.4, -0.2) is 55.3 Å². The summed E-state index contributed by atoms with van der Waals surface area (Å²) in [5.41, 5.74) is -0.288. The molecule has 2 rings (SSSR count). The number of carboxylic acids is 1. The van der Waals surface area contributed by atoms with Crippen LogP contribution in [-0.2, 0) is 9.84 Å². The monoisotopic (exact) mass is 396 g/mol. The molecule has 0 amide bonds. The van der Waals surface area contributed by atoms with Crippen molar-refractivity contribution < 1.29 is 38.0 Å². The lowest BCUT2D eigenvalue weighted by Crippen LogP contribution is -2.11. The first kappa shape index (κ1) is 20.5. The number of aliphatic hydroxyl groups is 1. The average molecular weight is 396 g/mol. The highest BCUT2D eigenvalue weighted by atomic mass is 32.2. The number of aliphatic hydroxyl groups excluding tert-OH is 1. The van der Waals surface area contributed by atoms with E-state index in [2.05, 4.69) is 0 Å². The topological polar surface area (TPSA) is 130 Å². The maximum atomic E-state index is 12.3. The molecule has 0 fully saturated rings. The lowest BCUT2D eigenvalue weighted by Gasteiger charge is -2.09. The van der Waals surface area contributed by atoms with Crippen LogP contribution < -0.4 is 9.47 Å². The highest BCUT2D eigenvalue weighted by molar-refractivity contribution is 7.91. The van der Waals surface area contributed by atoms with Crippen molar-refractivity contribution in [3.05, 3.63) is 48.0 Å². The molecule has 2 aromatic carbocycles. The molecular formula is C18H20O8S. The number of aromatic hydroxyl groups is 1. The van der Waals surface area contributed by atoms with Gasteiger partial charge in [-0.25, -0.2) is 13.2 Å². The summed E-state index contributed by atoms with van der Waals surface area (Å²) < 4.78 is 35.2. The number of benzene rings is 2. The Morgan fingerprint density at radius 2 is 1.59 bits per heavy atom. The number of aromatic carboxylic acids is 1. The number of carboxylic acid groups (broad SMARTS) is 1. The zero-order valence-electron chi connectivity index (χ0n) is 14.4. The Kier molecular flexibility index (Phi) is 7.03. The summed E-state index contributed by atoms with van der Waals surface area (Å²) in [5.74, 6) is -1.11. The summed E-state index contributed by atoms with van der Waals surface area (Å²) in [5, 5.41) is 27.1. The van der Waals surface area contributed by atoms with Crippen LogP contribution in [0.4, 0.5) is 0 Å². The van der Waals surface area contributed by atoms with Crippen LogP contribution in [0.25, 0.3) is 0 Å². The summed E-state index contributed by atoms with van der Waals surface area (Å²) in [6.45, 7) is 0.0695. The smallest absolute Gasteiger partial charge is 0.339 e. The van der Waals surface area contributed by atoms with Crippen molar-refractivity contribution >= 4 is 15.8 Å². The number of phenols is 1. The Labute approximate surface area is 156 Å². The molecule has 146 valence electrons. The van der Waals surface area contributed by atoms with Gasteiger partial charge in [0.05, 0.1) is 23.9 Å². The molecule has 0 unspecified atom stereocenters. The highest BCUT2D eigenvalue weighted by Gasteiger charge is 2.15. The Balaban J connectivity index is 1.88. The predicted octanol–water partition coefficient (Wildman–Crippen LogP) is 1.70. The van der Waals surface area contributed by atoms with Gasteiger partial charge in [-0.2, -0.15) is 0 Å². The zero-order valence-corrected chi connectivity index (χ0v) is 15.2. The molecule has 2 aromatic rings. The Hall–Kier alpha value is -2.78. The maximum Gasteiger partial charge on any atom is 0.339 e. The van der Waals surface area contributed by atoms with Crippen LogP contribution in [0.15, 0.2) is 47.4 Å². The molecule has 3 N–H and O–H groups in total. The lowest BCUT2D eigenvalue weighted by atomic mass is 10.2. The molecule has 0 spiro atoms.